The van der Waals surface area contributed by atoms with Crippen LogP contribution in [0.4, 0.5) is 25.1 Å². The predicted octanol–water partition coefficient (Wildman–Crippen LogP) is 5.72. The molecule has 3 aromatic carbocycles. The molecule has 0 unspecified atom stereocenters. The summed E-state index contributed by atoms with van der Waals surface area (Å²) in [5, 5.41) is 13.3. The van der Waals surface area contributed by atoms with Crippen LogP contribution in [0.1, 0.15) is 5.56 Å². The standard InChI is InChI=1S/C21H15ClF2N4O2/c22-12-3-1-4-13(9-12)25-21(29)26-20-15-8-7-14(10-19(15)27-28-20)30-11-16-17(23)5-2-6-18(16)24/h1-10H,11H2,(H3,25,26,27,28,29). The van der Waals surface area contributed by atoms with E-state index in [-0.39, 0.29) is 12.2 Å². The van der Waals surface area contributed by atoms with Gasteiger partial charge in [0.25, 0.3) is 0 Å². The molecule has 0 aliphatic heterocycles. The van der Waals surface area contributed by atoms with Gasteiger partial charge >= 0.3 is 6.03 Å². The number of hydrogen-bond acceptors (Lipinski definition) is 3. The number of halogens is 3. The maximum Gasteiger partial charge on any atom is 0.324 e. The summed E-state index contributed by atoms with van der Waals surface area (Å²) in [6.45, 7) is -0.259. The summed E-state index contributed by atoms with van der Waals surface area (Å²) in [4.78, 5) is 12.2. The van der Waals surface area contributed by atoms with Gasteiger partial charge in [0.15, 0.2) is 5.82 Å². The highest BCUT2D eigenvalue weighted by Gasteiger charge is 2.12. The van der Waals surface area contributed by atoms with Gasteiger partial charge in [0.1, 0.15) is 24.0 Å². The Morgan fingerprint density at radius 3 is 2.57 bits per heavy atom. The summed E-state index contributed by atoms with van der Waals surface area (Å²) in [6, 6.07) is 14.8. The number of aromatic amines is 1. The lowest BCUT2D eigenvalue weighted by molar-refractivity contribution is 0.262. The normalized spacial score (nSPS) is 10.8. The van der Waals surface area contributed by atoms with E-state index < -0.39 is 17.7 Å². The number of hydrogen-bond donors (Lipinski definition) is 3. The van der Waals surface area contributed by atoms with Gasteiger partial charge in [0.05, 0.1) is 11.1 Å². The number of nitrogens with one attached hydrogen (secondary N) is 3. The molecule has 0 atom stereocenters. The van der Waals surface area contributed by atoms with Crippen molar-refractivity contribution in [2.75, 3.05) is 10.6 Å². The van der Waals surface area contributed by atoms with E-state index in [0.717, 1.165) is 0 Å². The molecule has 30 heavy (non-hydrogen) atoms. The molecule has 2 amide bonds. The molecule has 0 saturated heterocycles. The Hall–Kier alpha value is -3.65. The minimum Gasteiger partial charge on any atom is -0.489 e. The number of amides is 2. The van der Waals surface area contributed by atoms with Crippen LogP contribution in [0.2, 0.25) is 5.02 Å². The largest absolute Gasteiger partial charge is 0.489 e. The van der Waals surface area contributed by atoms with E-state index in [1.807, 2.05) is 0 Å². The molecule has 0 saturated carbocycles. The average molecular weight is 429 g/mol. The lowest BCUT2D eigenvalue weighted by Gasteiger charge is -2.08. The first-order valence-electron chi connectivity index (χ1n) is 8.87. The lowest BCUT2D eigenvalue weighted by atomic mass is 10.2. The van der Waals surface area contributed by atoms with Gasteiger partial charge in [0, 0.05) is 22.2 Å². The second-order valence-electron chi connectivity index (χ2n) is 6.36. The number of aromatic nitrogens is 2. The number of H-pyrrole nitrogens is 1. The van der Waals surface area contributed by atoms with E-state index in [9.17, 15) is 13.6 Å². The van der Waals surface area contributed by atoms with Crippen molar-refractivity contribution in [2.45, 2.75) is 6.61 Å². The molecule has 152 valence electrons. The topological polar surface area (TPSA) is 79.0 Å². The fourth-order valence-electron chi connectivity index (χ4n) is 2.85. The smallest absolute Gasteiger partial charge is 0.324 e. The number of carbonyl (C=O) groups is 1. The van der Waals surface area contributed by atoms with Crippen LogP contribution in [0.15, 0.2) is 60.7 Å². The lowest BCUT2D eigenvalue weighted by Crippen LogP contribution is -2.19. The molecule has 0 bridgehead atoms. The first kappa shape index (κ1) is 19.7. The van der Waals surface area contributed by atoms with Gasteiger partial charge in [-0.05, 0) is 42.5 Å². The van der Waals surface area contributed by atoms with Crippen molar-refractivity contribution in [3.05, 3.63) is 82.9 Å². The Balaban J connectivity index is 1.45. The highest BCUT2D eigenvalue weighted by Crippen LogP contribution is 2.26. The van der Waals surface area contributed by atoms with Gasteiger partial charge in [-0.3, -0.25) is 10.4 Å². The minimum atomic E-state index is -0.671. The SMILES string of the molecule is O=C(Nc1cccc(Cl)c1)Nc1n[nH]c2cc(OCc3c(F)cccc3F)ccc12. The summed E-state index contributed by atoms with van der Waals surface area (Å²) < 4.78 is 32.9. The number of carbonyl (C=O) groups excluding carboxylic acids is 1. The van der Waals surface area contributed by atoms with Crippen LogP contribution in [-0.4, -0.2) is 16.2 Å². The average Bonchev–Trinajstić information content (AvgIpc) is 3.09. The zero-order chi connectivity index (χ0) is 21.1. The molecule has 4 rings (SSSR count). The molecule has 1 heterocycles. The van der Waals surface area contributed by atoms with Crippen molar-refractivity contribution < 1.29 is 18.3 Å². The molecule has 4 aromatic rings. The van der Waals surface area contributed by atoms with E-state index >= 15 is 0 Å². The van der Waals surface area contributed by atoms with E-state index in [1.54, 1.807) is 42.5 Å². The number of nitrogens with zero attached hydrogens (tertiary/aromatic N) is 1. The number of anilines is 2. The van der Waals surface area contributed by atoms with Crippen LogP contribution in [0.5, 0.6) is 5.75 Å². The van der Waals surface area contributed by atoms with Gasteiger partial charge in [0.2, 0.25) is 0 Å². The van der Waals surface area contributed by atoms with Gasteiger partial charge in [-0.2, -0.15) is 5.10 Å². The number of urea groups is 1. The summed E-state index contributed by atoms with van der Waals surface area (Å²) in [5.74, 6) is -0.635. The van der Waals surface area contributed by atoms with Crippen LogP contribution >= 0.6 is 11.6 Å². The van der Waals surface area contributed by atoms with Gasteiger partial charge in [-0.15, -0.1) is 0 Å². The van der Waals surface area contributed by atoms with Crippen molar-refractivity contribution >= 4 is 40.0 Å². The molecule has 0 radical (unpaired) electrons. The molecule has 0 aliphatic carbocycles. The highest BCUT2D eigenvalue weighted by molar-refractivity contribution is 6.30. The molecule has 6 nitrogen and oxygen atoms in total. The second kappa shape index (κ2) is 8.38. The molecule has 0 fully saturated rings. The van der Waals surface area contributed by atoms with Crippen molar-refractivity contribution in [2.24, 2.45) is 0 Å². The van der Waals surface area contributed by atoms with Crippen LogP contribution in [0.25, 0.3) is 10.9 Å². The Kier molecular flexibility index (Phi) is 5.49. The molecule has 9 heteroatoms. The van der Waals surface area contributed by atoms with Crippen LogP contribution in [0, 0.1) is 11.6 Å². The maximum absolute atomic E-state index is 13.7. The fraction of sp³-hybridized carbons (Fsp3) is 0.0476. The van der Waals surface area contributed by atoms with Crippen molar-refractivity contribution in [1.82, 2.24) is 10.2 Å². The fourth-order valence-corrected chi connectivity index (χ4v) is 3.04. The van der Waals surface area contributed by atoms with Crippen LogP contribution in [0.3, 0.4) is 0 Å². The second-order valence-corrected chi connectivity index (χ2v) is 6.79. The first-order valence-corrected chi connectivity index (χ1v) is 9.25. The summed E-state index contributed by atoms with van der Waals surface area (Å²) in [5.41, 5.74) is 0.970. The Labute approximate surface area is 174 Å². The summed E-state index contributed by atoms with van der Waals surface area (Å²) in [6.07, 6.45) is 0. The number of benzene rings is 3. The highest BCUT2D eigenvalue weighted by atomic mass is 35.5. The van der Waals surface area contributed by atoms with Crippen molar-refractivity contribution in [3.63, 3.8) is 0 Å². The monoisotopic (exact) mass is 428 g/mol. The third kappa shape index (κ3) is 4.33. The number of ether oxygens (including phenoxy) is 1. The van der Waals surface area contributed by atoms with Crippen LogP contribution < -0.4 is 15.4 Å². The molecular formula is C21H15ClF2N4O2. The zero-order valence-corrected chi connectivity index (χ0v) is 16.1. The van der Waals surface area contributed by atoms with Gasteiger partial charge in [-0.25, -0.2) is 13.6 Å². The first-order chi connectivity index (χ1) is 14.5. The zero-order valence-electron chi connectivity index (χ0n) is 15.4. The number of rotatable bonds is 5. The summed E-state index contributed by atoms with van der Waals surface area (Å²) in [7, 11) is 0. The quantitative estimate of drug-likeness (QED) is 0.380. The maximum atomic E-state index is 13.7. The predicted molar refractivity (Wildman–Crippen MR) is 111 cm³/mol. The van der Waals surface area contributed by atoms with E-state index in [0.29, 0.717) is 33.2 Å². The molecule has 3 N–H and O–H groups in total. The van der Waals surface area contributed by atoms with Gasteiger partial charge < -0.3 is 10.1 Å². The minimum absolute atomic E-state index is 0.151. The molecule has 0 aliphatic rings. The Bertz CT molecular complexity index is 1210. The third-order valence-corrected chi connectivity index (χ3v) is 4.53. The third-order valence-electron chi connectivity index (χ3n) is 4.29. The molecule has 0 spiro atoms. The van der Waals surface area contributed by atoms with Crippen LogP contribution in [-0.2, 0) is 6.61 Å². The Morgan fingerprint density at radius 1 is 1.03 bits per heavy atom. The van der Waals surface area contributed by atoms with E-state index in [2.05, 4.69) is 20.8 Å². The number of fused-ring (bicyclic) bond motifs is 1. The van der Waals surface area contributed by atoms with Crippen molar-refractivity contribution in [1.29, 1.82) is 0 Å². The summed E-state index contributed by atoms with van der Waals surface area (Å²) >= 11 is 5.90. The molecule has 1 aromatic heterocycles. The molecular weight excluding hydrogens is 414 g/mol. The van der Waals surface area contributed by atoms with Crippen molar-refractivity contribution in [3.8, 4) is 5.75 Å². The Morgan fingerprint density at radius 2 is 1.80 bits per heavy atom. The van der Waals surface area contributed by atoms with E-state index in [1.165, 1.54) is 18.2 Å². The van der Waals surface area contributed by atoms with E-state index in [4.69, 9.17) is 16.3 Å². The van der Waals surface area contributed by atoms with Gasteiger partial charge in [-0.1, -0.05) is 23.7 Å².